The molecule has 1 aromatic rings. The average Bonchev–Trinajstić information content (AvgIpc) is 2.83. The van der Waals surface area contributed by atoms with E-state index >= 15 is 0 Å². The van der Waals surface area contributed by atoms with Crippen LogP contribution in [0.5, 0.6) is 0 Å². The van der Waals surface area contributed by atoms with E-state index in [1.54, 1.807) is 6.33 Å². The van der Waals surface area contributed by atoms with Crippen molar-refractivity contribution in [2.45, 2.75) is 63.9 Å². The van der Waals surface area contributed by atoms with Gasteiger partial charge in [0.2, 0.25) is 0 Å². The van der Waals surface area contributed by atoms with Gasteiger partial charge in [0.05, 0.1) is 6.54 Å². The number of thioether (sulfide) groups is 1. The number of aromatic nitrogens is 3. The third kappa shape index (κ3) is 4.49. The van der Waals surface area contributed by atoms with Crippen LogP contribution in [0.3, 0.4) is 0 Å². The van der Waals surface area contributed by atoms with Gasteiger partial charge in [-0.2, -0.15) is 16.9 Å². The summed E-state index contributed by atoms with van der Waals surface area (Å²) >= 11 is 2.01. The predicted octanol–water partition coefficient (Wildman–Crippen LogP) is 2.70. The SMILES string of the molecule is CSC1CCCC(NCc2ncnn2CC(C)C)C1. The van der Waals surface area contributed by atoms with Crippen LogP contribution in [-0.2, 0) is 13.1 Å². The van der Waals surface area contributed by atoms with Gasteiger partial charge in [0.15, 0.2) is 0 Å². The quantitative estimate of drug-likeness (QED) is 0.871. The summed E-state index contributed by atoms with van der Waals surface area (Å²) in [7, 11) is 0. The highest BCUT2D eigenvalue weighted by molar-refractivity contribution is 7.99. The monoisotopic (exact) mass is 282 g/mol. The first kappa shape index (κ1) is 14.9. The van der Waals surface area contributed by atoms with Gasteiger partial charge in [-0.25, -0.2) is 9.67 Å². The Kier molecular flexibility index (Phi) is 5.70. The van der Waals surface area contributed by atoms with Crippen LogP contribution in [0.2, 0.25) is 0 Å². The van der Waals surface area contributed by atoms with E-state index in [4.69, 9.17) is 0 Å². The van der Waals surface area contributed by atoms with Crippen LogP contribution < -0.4 is 5.32 Å². The van der Waals surface area contributed by atoms with Gasteiger partial charge in [-0.3, -0.25) is 0 Å². The van der Waals surface area contributed by atoms with Gasteiger partial charge in [0.25, 0.3) is 0 Å². The molecule has 1 fully saturated rings. The molecule has 0 amide bonds. The molecule has 0 bridgehead atoms. The van der Waals surface area contributed by atoms with Crippen molar-refractivity contribution >= 4 is 11.8 Å². The molecule has 1 heterocycles. The first-order chi connectivity index (χ1) is 9.19. The molecule has 0 aliphatic heterocycles. The topological polar surface area (TPSA) is 42.7 Å². The van der Waals surface area contributed by atoms with E-state index < -0.39 is 0 Å². The van der Waals surface area contributed by atoms with E-state index in [2.05, 4.69) is 35.5 Å². The molecule has 1 N–H and O–H groups in total. The highest BCUT2D eigenvalue weighted by Crippen LogP contribution is 2.26. The average molecular weight is 282 g/mol. The maximum atomic E-state index is 4.38. The zero-order valence-corrected chi connectivity index (χ0v) is 13.1. The number of nitrogens with zero attached hydrogens (tertiary/aromatic N) is 3. The summed E-state index contributed by atoms with van der Waals surface area (Å²) in [5, 5.41) is 8.81. The fourth-order valence-corrected chi connectivity index (χ4v) is 3.53. The van der Waals surface area contributed by atoms with Gasteiger partial charge < -0.3 is 5.32 Å². The normalized spacial score (nSPS) is 24.0. The molecule has 19 heavy (non-hydrogen) atoms. The molecule has 1 aliphatic rings. The summed E-state index contributed by atoms with van der Waals surface area (Å²) < 4.78 is 2.03. The molecule has 1 aliphatic carbocycles. The highest BCUT2D eigenvalue weighted by Gasteiger charge is 2.21. The van der Waals surface area contributed by atoms with Crippen molar-refractivity contribution in [3.63, 3.8) is 0 Å². The van der Waals surface area contributed by atoms with E-state index in [9.17, 15) is 0 Å². The smallest absolute Gasteiger partial charge is 0.140 e. The maximum absolute atomic E-state index is 4.38. The predicted molar refractivity (Wildman–Crippen MR) is 81.3 cm³/mol. The largest absolute Gasteiger partial charge is 0.307 e. The summed E-state index contributed by atoms with van der Waals surface area (Å²) in [6.45, 7) is 6.22. The number of hydrogen-bond acceptors (Lipinski definition) is 4. The molecule has 1 saturated carbocycles. The molecule has 1 aromatic heterocycles. The Balaban J connectivity index is 1.83. The van der Waals surface area contributed by atoms with Gasteiger partial charge in [-0.05, 0) is 31.4 Å². The van der Waals surface area contributed by atoms with E-state index in [0.717, 1.165) is 24.2 Å². The fraction of sp³-hybridized carbons (Fsp3) is 0.857. The van der Waals surface area contributed by atoms with Crippen molar-refractivity contribution in [1.29, 1.82) is 0 Å². The van der Waals surface area contributed by atoms with Crippen LogP contribution >= 0.6 is 11.8 Å². The second kappa shape index (κ2) is 7.29. The number of nitrogens with one attached hydrogen (secondary N) is 1. The lowest BCUT2D eigenvalue weighted by Gasteiger charge is -2.28. The van der Waals surface area contributed by atoms with Crippen molar-refractivity contribution in [3.8, 4) is 0 Å². The summed E-state index contributed by atoms with van der Waals surface area (Å²) in [5.41, 5.74) is 0. The van der Waals surface area contributed by atoms with E-state index in [1.807, 2.05) is 16.4 Å². The summed E-state index contributed by atoms with van der Waals surface area (Å²) in [6, 6.07) is 0.649. The fourth-order valence-electron chi connectivity index (χ4n) is 2.70. The van der Waals surface area contributed by atoms with E-state index in [0.29, 0.717) is 12.0 Å². The molecule has 108 valence electrons. The Bertz CT molecular complexity index is 377. The zero-order valence-electron chi connectivity index (χ0n) is 12.3. The molecule has 0 radical (unpaired) electrons. The van der Waals surface area contributed by atoms with Gasteiger partial charge in [0.1, 0.15) is 12.2 Å². The van der Waals surface area contributed by atoms with Crippen LogP contribution in [0.15, 0.2) is 6.33 Å². The Morgan fingerprint density at radius 3 is 3.05 bits per heavy atom. The second-order valence-electron chi connectivity index (χ2n) is 5.85. The van der Waals surface area contributed by atoms with Crippen molar-refractivity contribution in [2.75, 3.05) is 6.26 Å². The Labute approximate surface area is 120 Å². The molecule has 2 atom stereocenters. The molecule has 2 unspecified atom stereocenters. The molecule has 0 aromatic carbocycles. The molecule has 5 heteroatoms. The second-order valence-corrected chi connectivity index (χ2v) is 6.99. The Hall–Kier alpha value is -0.550. The van der Waals surface area contributed by atoms with Crippen molar-refractivity contribution < 1.29 is 0 Å². The summed E-state index contributed by atoms with van der Waals surface area (Å²) in [6.07, 6.45) is 9.22. The van der Waals surface area contributed by atoms with Gasteiger partial charge >= 0.3 is 0 Å². The summed E-state index contributed by atoms with van der Waals surface area (Å²) in [5.74, 6) is 1.68. The maximum Gasteiger partial charge on any atom is 0.140 e. The standard InChI is InChI=1S/C14H26N4S/c1-11(2)9-18-14(16-10-17-18)8-15-12-5-4-6-13(7-12)19-3/h10-13,15H,4-9H2,1-3H3. The number of hydrogen-bond donors (Lipinski definition) is 1. The van der Waals surface area contributed by atoms with Crippen molar-refractivity contribution in [3.05, 3.63) is 12.2 Å². The minimum atomic E-state index is 0.607. The van der Waals surface area contributed by atoms with Crippen LogP contribution in [0, 0.1) is 5.92 Å². The van der Waals surface area contributed by atoms with Gasteiger partial charge in [-0.1, -0.05) is 20.3 Å². The van der Waals surface area contributed by atoms with Crippen molar-refractivity contribution in [1.82, 2.24) is 20.1 Å². The van der Waals surface area contributed by atoms with Crippen LogP contribution in [0.1, 0.15) is 45.4 Å². The Morgan fingerprint density at radius 1 is 1.47 bits per heavy atom. The highest BCUT2D eigenvalue weighted by atomic mass is 32.2. The lowest BCUT2D eigenvalue weighted by atomic mass is 9.95. The third-order valence-corrected chi connectivity index (χ3v) is 4.84. The van der Waals surface area contributed by atoms with Crippen LogP contribution in [0.25, 0.3) is 0 Å². The molecule has 2 rings (SSSR count). The number of rotatable bonds is 6. The van der Waals surface area contributed by atoms with Gasteiger partial charge in [-0.15, -0.1) is 0 Å². The lowest BCUT2D eigenvalue weighted by Crippen LogP contribution is -2.35. The van der Waals surface area contributed by atoms with Crippen LogP contribution in [0.4, 0.5) is 0 Å². The molecule has 0 spiro atoms. The first-order valence-corrected chi connectivity index (χ1v) is 8.60. The molecule has 4 nitrogen and oxygen atoms in total. The minimum Gasteiger partial charge on any atom is -0.307 e. The third-order valence-electron chi connectivity index (χ3n) is 3.74. The zero-order chi connectivity index (χ0) is 13.7. The van der Waals surface area contributed by atoms with Gasteiger partial charge in [0, 0.05) is 17.8 Å². The van der Waals surface area contributed by atoms with Crippen LogP contribution in [-0.4, -0.2) is 32.3 Å². The lowest BCUT2D eigenvalue weighted by molar-refractivity contribution is 0.368. The molecular weight excluding hydrogens is 256 g/mol. The minimum absolute atomic E-state index is 0.607. The molecule has 0 saturated heterocycles. The Morgan fingerprint density at radius 2 is 2.32 bits per heavy atom. The summed E-state index contributed by atoms with van der Waals surface area (Å²) in [4.78, 5) is 4.38. The van der Waals surface area contributed by atoms with E-state index in [1.165, 1.54) is 25.7 Å². The van der Waals surface area contributed by atoms with E-state index in [-0.39, 0.29) is 0 Å². The van der Waals surface area contributed by atoms with Crippen molar-refractivity contribution in [2.24, 2.45) is 5.92 Å². The first-order valence-electron chi connectivity index (χ1n) is 7.32. The molecular formula is C14H26N4S.